The van der Waals surface area contributed by atoms with Gasteiger partial charge in [0.25, 0.3) is 10.0 Å². The molecule has 3 aromatic rings. The number of hydrogen-bond acceptors (Lipinski definition) is 5. The summed E-state index contributed by atoms with van der Waals surface area (Å²) < 4.78 is 70.5. The molecule has 4 rings (SSSR count). The fourth-order valence-corrected chi connectivity index (χ4v) is 5.65. The molecule has 1 saturated heterocycles. The highest BCUT2D eigenvalue weighted by Gasteiger charge is 2.35. The molecule has 0 saturated carbocycles. The molecule has 166 valence electrons. The van der Waals surface area contributed by atoms with Crippen molar-refractivity contribution in [3.05, 3.63) is 52.1 Å². The molecule has 6 nitrogen and oxygen atoms in total. The van der Waals surface area contributed by atoms with Crippen LogP contribution in [0.2, 0.25) is 5.02 Å². The Morgan fingerprint density at radius 3 is 2.48 bits per heavy atom. The standard InChI is InChI=1S/C19H16BrClF3N3O3S/c20-12-1-4-17(16(11-12)30-19(22,23)24)31(28,29)27-8-5-13-15(27)3-2-14(21)18(13)26-9-6-25-7-10-26/h1-5,8,11,25H,6-7,9-10H2. The highest BCUT2D eigenvalue weighted by Crippen LogP contribution is 2.38. The van der Waals surface area contributed by atoms with E-state index in [2.05, 4.69) is 30.9 Å². The Morgan fingerprint density at radius 2 is 1.81 bits per heavy atom. The zero-order valence-corrected chi connectivity index (χ0v) is 18.9. The number of benzene rings is 2. The van der Waals surface area contributed by atoms with E-state index in [4.69, 9.17) is 11.6 Å². The second-order valence-corrected chi connectivity index (χ2v) is 9.93. The van der Waals surface area contributed by atoms with Crippen LogP contribution in [0, 0.1) is 0 Å². The number of anilines is 1. The molecule has 31 heavy (non-hydrogen) atoms. The van der Waals surface area contributed by atoms with Crippen LogP contribution in [0.4, 0.5) is 18.9 Å². The van der Waals surface area contributed by atoms with Gasteiger partial charge in [-0.3, -0.25) is 0 Å². The van der Waals surface area contributed by atoms with Gasteiger partial charge < -0.3 is 15.0 Å². The van der Waals surface area contributed by atoms with Gasteiger partial charge in [-0.05, 0) is 36.4 Å². The number of nitrogens with one attached hydrogen (secondary N) is 1. The first kappa shape index (κ1) is 22.3. The lowest BCUT2D eigenvalue weighted by Crippen LogP contribution is -2.43. The Kier molecular flexibility index (Phi) is 5.88. The second-order valence-electron chi connectivity index (χ2n) is 6.82. The summed E-state index contributed by atoms with van der Waals surface area (Å²) in [5, 5.41) is 4.29. The number of hydrogen-bond donors (Lipinski definition) is 1. The first-order chi connectivity index (χ1) is 14.6. The Hall–Kier alpha value is -1.95. The minimum absolute atomic E-state index is 0.246. The Balaban J connectivity index is 1.86. The maximum Gasteiger partial charge on any atom is 0.573 e. The third kappa shape index (κ3) is 4.36. The van der Waals surface area contributed by atoms with Crippen LogP contribution < -0.4 is 15.0 Å². The van der Waals surface area contributed by atoms with Crippen molar-refractivity contribution < 1.29 is 26.3 Å². The molecule has 0 aliphatic carbocycles. The molecule has 0 spiro atoms. The average Bonchev–Trinajstić information content (AvgIpc) is 3.12. The van der Waals surface area contributed by atoms with E-state index in [0.717, 1.165) is 29.2 Å². The van der Waals surface area contributed by atoms with E-state index >= 15 is 0 Å². The van der Waals surface area contributed by atoms with Crippen LogP contribution >= 0.6 is 27.5 Å². The summed E-state index contributed by atoms with van der Waals surface area (Å²) in [5.74, 6) is -0.819. The molecule has 1 aromatic heterocycles. The molecular weight excluding hydrogens is 523 g/mol. The monoisotopic (exact) mass is 537 g/mol. The first-order valence-corrected chi connectivity index (χ1v) is 11.7. The third-order valence-corrected chi connectivity index (χ3v) is 7.39. The van der Waals surface area contributed by atoms with Gasteiger partial charge in [0.1, 0.15) is 4.90 Å². The van der Waals surface area contributed by atoms with Gasteiger partial charge in [0.05, 0.1) is 16.2 Å². The van der Waals surface area contributed by atoms with Crippen LogP contribution in [0.1, 0.15) is 0 Å². The first-order valence-electron chi connectivity index (χ1n) is 9.14. The Bertz CT molecular complexity index is 1240. The maximum absolute atomic E-state index is 13.3. The van der Waals surface area contributed by atoms with Crippen molar-refractivity contribution in [1.29, 1.82) is 0 Å². The van der Waals surface area contributed by atoms with Crippen molar-refractivity contribution >= 4 is 54.1 Å². The molecular formula is C19H16BrClF3N3O3S. The summed E-state index contributed by atoms with van der Waals surface area (Å²) in [7, 11) is -4.41. The zero-order valence-electron chi connectivity index (χ0n) is 15.8. The van der Waals surface area contributed by atoms with Gasteiger partial charge in [-0.1, -0.05) is 27.5 Å². The SMILES string of the molecule is O=S(=O)(c1ccc(Br)cc1OC(F)(F)F)n1ccc2c(N3CCNCC3)c(Cl)ccc21. The van der Waals surface area contributed by atoms with Gasteiger partial charge in [0, 0.05) is 42.2 Å². The van der Waals surface area contributed by atoms with Crippen molar-refractivity contribution in [2.75, 3.05) is 31.1 Å². The van der Waals surface area contributed by atoms with Crippen molar-refractivity contribution in [2.45, 2.75) is 11.3 Å². The van der Waals surface area contributed by atoms with Gasteiger partial charge in [-0.2, -0.15) is 0 Å². The van der Waals surface area contributed by atoms with Crippen molar-refractivity contribution in [1.82, 2.24) is 9.29 Å². The van der Waals surface area contributed by atoms with Gasteiger partial charge in [0.15, 0.2) is 5.75 Å². The Morgan fingerprint density at radius 1 is 1.10 bits per heavy atom. The number of alkyl halides is 3. The molecule has 12 heteroatoms. The highest BCUT2D eigenvalue weighted by molar-refractivity contribution is 9.10. The summed E-state index contributed by atoms with van der Waals surface area (Å²) in [5.41, 5.74) is 0.996. The summed E-state index contributed by atoms with van der Waals surface area (Å²) in [6.45, 7) is 2.88. The lowest BCUT2D eigenvalue weighted by atomic mass is 10.2. The van der Waals surface area contributed by atoms with E-state index < -0.39 is 27.0 Å². The number of ether oxygens (including phenoxy) is 1. The molecule has 1 aliphatic rings. The van der Waals surface area contributed by atoms with Crippen LogP contribution in [0.25, 0.3) is 10.9 Å². The van der Waals surface area contributed by atoms with Crippen LogP contribution in [0.15, 0.2) is 52.0 Å². The average molecular weight is 539 g/mol. The molecule has 0 atom stereocenters. The molecule has 1 fully saturated rings. The lowest BCUT2D eigenvalue weighted by Gasteiger charge is -2.30. The van der Waals surface area contributed by atoms with E-state index in [1.54, 1.807) is 12.1 Å². The molecule has 2 aromatic carbocycles. The van der Waals surface area contributed by atoms with Gasteiger partial charge in [-0.15, -0.1) is 13.2 Å². The number of halogens is 5. The predicted octanol–water partition coefficient (Wildman–Crippen LogP) is 4.60. The van der Waals surface area contributed by atoms with Crippen LogP contribution in [0.5, 0.6) is 5.75 Å². The topological polar surface area (TPSA) is 63.6 Å². The quantitative estimate of drug-likeness (QED) is 0.526. The summed E-state index contributed by atoms with van der Waals surface area (Å²) >= 11 is 9.47. The van der Waals surface area contributed by atoms with Gasteiger partial charge >= 0.3 is 6.36 Å². The highest BCUT2D eigenvalue weighted by atomic mass is 79.9. The minimum Gasteiger partial charge on any atom is -0.404 e. The predicted molar refractivity (Wildman–Crippen MR) is 115 cm³/mol. The summed E-state index contributed by atoms with van der Waals surface area (Å²) in [6, 6.07) is 8.09. The molecule has 0 amide bonds. The number of piperazine rings is 1. The van der Waals surface area contributed by atoms with Crippen molar-refractivity contribution in [3.8, 4) is 5.75 Å². The smallest absolute Gasteiger partial charge is 0.404 e. The van der Waals surface area contributed by atoms with E-state index in [-0.39, 0.29) is 4.47 Å². The van der Waals surface area contributed by atoms with Gasteiger partial charge in [-0.25, -0.2) is 12.4 Å². The minimum atomic E-state index is -5.05. The van der Waals surface area contributed by atoms with Crippen molar-refractivity contribution in [3.63, 3.8) is 0 Å². The molecule has 1 N–H and O–H groups in total. The van der Waals surface area contributed by atoms with Crippen LogP contribution in [-0.4, -0.2) is 44.9 Å². The van der Waals surface area contributed by atoms with E-state index in [1.807, 2.05) is 0 Å². The number of rotatable bonds is 4. The maximum atomic E-state index is 13.3. The van der Waals surface area contributed by atoms with Crippen molar-refractivity contribution in [2.24, 2.45) is 0 Å². The fraction of sp³-hybridized carbons (Fsp3) is 0.263. The molecule has 0 unspecified atom stereocenters. The lowest BCUT2D eigenvalue weighted by molar-refractivity contribution is -0.275. The number of aromatic nitrogens is 1. The molecule has 2 heterocycles. The largest absolute Gasteiger partial charge is 0.573 e. The van der Waals surface area contributed by atoms with Crippen LogP contribution in [-0.2, 0) is 10.0 Å². The normalized spacial score (nSPS) is 15.5. The molecule has 0 bridgehead atoms. The summed E-state index contributed by atoms with van der Waals surface area (Å²) in [6.07, 6.45) is -3.74. The second kappa shape index (κ2) is 8.19. The molecule has 0 radical (unpaired) electrons. The number of nitrogens with zero attached hydrogens (tertiary/aromatic N) is 2. The molecule has 1 aliphatic heterocycles. The Labute approximate surface area is 189 Å². The fourth-order valence-electron chi connectivity index (χ4n) is 3.57. The summed E-state index contributed by atoms with van der Waals surface area (Å²) in [4.78, 5) is 1.44. The van der Waals surface area contributed by atoms with E-state index in [0.29, 0.717) is 34.7 Å². The van der Waals surface area contributed by atoms with E-state index in [1.165, 1.54) is 18.3 Å². The zero-order chi connectivity index (χ0) is 22.4. The van der Waals surface area contributed by atoms with E-state index in [9.17, 15) is 21.6 Å². The number of fused-ring (bicyclic) bond motifs is 1. The third-order valence-electron chi connectivity index (χ3n) is 4.86. The van der Waals surface area contributed by atoms with Crippen LogP contribution in [0.3, 0.4) is 0 Å². The van der Waals surface area contributed by atoms with Gasteiger partial charge in [0.2, 0.25) is 0 Å².